The molecule has 1 aliphatic carbocycles. The van der Waals surface area contributed by atoms with Crippen molar-refractivity contribution in [3.8, 4) is 0 Å². The molecule has 0 spiro atoms. The lowest BCUT2D eigenvalue weighted by Gasteiger charge is -2.31. The highest BCUT2D eigenvalue weighted by molar-refractivity contribution is 9.10. The van der Waals surface area contributed by atoms with Gasteiger partial charge in [0.1, 0.15) is 0 Å². The van der Waals surface area contributed by atoms with Gasteiger partial charge in [0.25, 0.3) is 0 Å². The molecule has 1 fully saturated rings. The smallest absolute Gasteiger partial charge is 0.0434 e. The number of rotatable bonds is 2. The van der Waals surface area contributed by atoms with Crippen LogP contribution in [0.25, 0.3) is 0 Å². The minimum Gasteiger partial charge on any atom is -0.323 e. The zero-order valence-corrected chi connectivity index (χ0v) is 11.7. The monoisotopic (exact) mass is 287 g/mol. The third-order valence-electron chi connectivity index (χ3n) is 3.72. The highest BCUT2D eigenvalue weighted by Crippen LogP contribution is 2.49. The van der Waals surface area contributed by atoms with E-state index in [1.165, 1.54) is 28.6 Å². The van der Waals surface area contributed by atoms with Gasteiger partial charge in [-0.1, -0.05) is 20.3 Å². The summed E-state index contributed by atoms with van der Waals surface area (Å²) in [7, 11) is 0. The average Bonchev–Trinajstić information content (AvgIpc) is 2.70. The molecule has 0 saturated heterocycles. The van der Waals surface area contributed by atoms with Gasteiger partial charge in [-0.25, -0.2) is 0 Å². The number of thiophene rings is 1. The molecule has 3 heteroatoms. The predicted molar refractivity (Wildman–Crippen MR) is 70.1 cm³/mol. The minimum absolute atomic E-state index is 0.205. The quantitative estimate of drug-likeness (QED) is 0.861. The standard InChI is InChI=1S/C12H18BrNS/c1-12(2)6-3-4-8(12)10(14)11-9(13)5-7-15-11/h5,7-8,10H,3-4,6,14H2,1-2H3. The van der Waals surface area contributed by atoms with Gasteiger partial charge < -0.3 is 5.73 Å². The van der Waals surface area contributed by atoms with Crippen molar-refractivity contribution in [2.75, 3.05) is 0 Å². The lowest BCUT2D eigenvalue weighted by molar-refractivity contribution is 0.223. The molecule has 84 valence electrons. The Morgan fingerprint density at radius 2 is 2.33 bits per heavy atom. The van der Waals surface area contributed by atoms with Crippen LogP contribution >= 0.6 is 27.3 Å². The van der Waals surface area contributed by atoms with Gasteiger partial charge in [-0.3, -0.25) is 0 Å². The highest BCUT2D eigenvalue weighted by atomic mass is 79.9. The number of hydrogen-bond donors (Lipinski definition) is 1. The maximum absolute atomic E-state index is 6.40. The molecule has 2 rings (SSSR count). The maximum atomic E-state index is 6.40. The van der Waals surface area contributed by atoms with Crippen LogP contribution in [-0.4, -0.2) is 0 Å². The van der Waals surface area contributed by atoms with Gasteiger partial charge >= 0.3 is 0 Å². The molecule has 0 aliphatic heterocycles. The molecular weight excluding hydrogens is 270 g/mol. The molecule has 0 amide bonds. The zero-order chi connectivity index (χ0) is 11.1. The molecule has 15 heavy (non-hydrogen) atoms. The number of nitrogens with two attached hydrogens (primary N) is 1. The summed E-state index contributed by atoms with van der Waals surface area (Å²) in [6.45, 7) is 4.71. The van der Waals surface area contributed by atoms with Crippen LogP contribution in [0.1, 0.15) is 44.0 Å². The Morgan fingerprint density at radius 1 is 1.60 bits per heavy atom. The molecule has 1 heterocycles. The molecule has 0 bridgehead atoms. The lowest BCUT2D eigenvalue weighted by atomic mass is 9.77. The molecule has 1 aromatic rings. The summed E-state index contributed by atoms with van der Waals surface area (Å²) in [5.74, 6) is 0.632. The summed E-state index contributed by atoms with van der Waals surface area (Å²) in [6, 6.07) is 2.30. The van der Waals surface area contributed by atoms with Gasteiger partial charge in [0.15, 0.2) is 0 Å². The number of hydrogen-bond acceptors (Lipinski definition) is 2. The van der Waals surface area contributed by atoms with E-state index < -0.39 is 0 Å². The summed E-state index contributed by atoms with van der Waals surface area (Å²) in [6.07, 6.45) is 3.92. The molecule has 2 N–H and O–H groups in total. The molecule has 1 aliphatic rings. The molecule has 1 saturated carbocycles. The molecule has 2 unspecified atom stereocenters. The Hall–Kier alpha value is 0.140. The van der Waals surface area contributed by atoms with Crippen molar-refractivity contribution < 1.29 is 0 Å². The second-order valence-electron chi connectivity index (χ2n) is 5.15. The Kier molecular flexibility index (Phi) is 3.25. The molecule has 2 atom stereocenters. The average molecular weight is 288 g/mol. The van der Waals surface area contributed by atoms with Crippen molar-refractivity contribution in [1.82, 2.24) is 0 Å². The molecule has 1 aromatic heterocycles. The summed E-state index contributed by atoms with van der Waals surface area (Å²) in [5.41, 5.74) is 6.81. The topological polar surface area (TPSA) is 26.0 Å². The Bertz CT molecular complexity index is 345. The lowest BCUT2D eigenvalue weighted by Crippen LogP contribution is -2.29. The van der Waals surface area contributed by atoms with E-state index >= 15 is 0 Å². The van der Waals surface area contributed by atoms with Crippen LogP contribution in [0.3, 0.4) is 0 Å². The van der Waals surface area contributed by atoms with Crippen molar-refractivity contribution in [3.63, 3.8) is 0 Å². The fraction of sp³-hybridized carbons (Fsp3) is 0.667. The third kappa shape index (κ3) is 2.15. The van der Waals surface area contributed by atoms with Crippen LogP contribution in [-0.2, 0) is 0 Å². The van der Waals surface area contributed by atoms with Crippen molar-refractivity contribution in [2.24, 2.45) is 17.1 Å². The molecule has 0 aromatic carbocycles. The van der Waals surface area contributed by atoms with E-state index in [1.807, 2.05) is 0 Å². The third-order valence-corrected chi connectivity index (χ3v) is 5.69. The van der Waals surface area contributed by atoms with Crippen molar-refractivity contribution in [1.29, 1.82) is 0 Å². The first-order valence-corrected chi connectivity index (χ1v) is 7.18. The largest absolute Gasteiger partial charge is 0.323 e. The first kappa shape index (κ1) is 11.6. The summed E-state index contributed by atoms with van der Waals surface area (Å²) in [4.78, 5) is 1.31. The van der Waals surface area contributed by atoms with Crippen molar-refractivity contribution >= 4 is 27.3 Å². The number of halogens is 1. The Balaban J connectivity index is 2.21. The summed E-state index contributed by atoms with van der Waals surface area (Å²) >= 11 is 5.36. The highest BCUT2D eigenvalue weighted by Gasteiger charge is 2.39. The first-order chi connectivity index (χ1) is 7.02. The molecular formula is C12H18BrNS. The van der Waals surface area contributed by atoms with E-state index in [1.54, 1.807) is 11.3 Å². The van der Waals surface area contributed by atoms with Crippen LogP contribution in [0.15, 0.2) is 15.9 Å². The van der Waals surface area contributed by atoms with Crippen molar-refractivity contribution in [2.45, 2.75) is 39.2 Å². The van der Waals surface area contributed by atoms with Crippen LogP contribution in [0.2, 0.25) is 0 Å². The van der Waals surface area contributed by atoms with E-state index in [-0.39, 0.29) is 6.04 Å². The van der Waals surface area contributed by atoms with E-state index in [4.69, 9.17) is 5.73 Å². The Labute approximate surface area is 104 Å². The second-order valence-corrected chi connectivity index (χ2v) is 6.95. The summed E-state index contributed by atoms with van der Waals surface area (Å²) in [5, 5.41) is 2.11. The zero-order valence-electron chi connectivity index (χ0n) is 9.29. The summed E-state index contributed by atoms with van der Waals surface area (Å²) < 4.78 is 1.18. The normalized spacial score (nSPS) is 26.8. The Morgan fingerprint density at radius 3 is 2.80 bits per heavy atom. The van der Waals surface area contributed by atoms with Crippen LogP contribution in [0.5, 0.6) is 0 Å². The van der Waals surface area contributed by atoms with Gasteiger partial charge in [0.05, 0.1) is 0 Å². The van der Waals surface area contributed by atoms with Gasteiger partial charge in [0.2, 0.25) is 0 Å². The SMILES string of the molecule is CC1(C)CCCC1C(N)c1sccc1Br. The van der Waals surface area contributed by atoms with Gasteiger partial charge in [-0.05, 0) is 51.6 Å². The predicted octanol–water partition coefficient (Wildman–Crippen LogP) is 4.34. The van der Waals surface area contributed by atoms with Gasteiger partial charge in [0, 0.05) is 15.4 Å². The van der Waals surface area contributed by atoms with Crippen LogP contribution in [0, 0.1) is 11.3 Å². The molecule has 0 radical (unpaired) electrons. The maximum Gasteiger partial charge on any atom is 0.0434 e. The van der Waals surface area contributed by atoms with Crippen molar-refractivity contribution in [3.05, 3.63) is 20.8 Å². The molecule has 1 nitrogen and oxygen atoms in total. The fourth-order valence-corrected chi connectivity index (χ4v) is 4.45. The fourth-order valence-electron chi connectivity index (χ4n) is 2.75. The van der Waals surface area contributed by atoms with E-state index in [0.29, 0.717) is 11.3 Å². The van der Waals surface area contributed by atoms with E-state index in [0.717, 1.165) is 0 Å². The second kappa shape index (κ2) is 4.19. The van der Waals surface area contributed by atoms with E-state index in [2.05, 4.69) is 41.2 Å². The van der Waals surface area contributed by atoms with E-state index in [9.17, 15) is 0 Å². The van der Waals surface area contributed by atoms with Gasteiger partial charge in [-0.2, -0.15) is 0 Å². The van der Waals surface area contributed by atoms with Crippen LogP contribution in [0.4, 0.5) is 0 Å². The minimum atomic E-state index is 0.205. The van der Waals surface area contributed by atoms with Crippen LogP contribution < -0.4 is 5.73 Å². The first-order valence-electron chi connectivity index (χ1n) is 5.51. The van der Waals surface area contributed by atoms with Gasteiger partial charge in [-0.15, -0.1) is 11.3 Å².